The fourth-order valence-electron chi connectivity index (χ4n) is 1.93. The number of carbonyl (C=O) groups excluding carboxylic acids is 1. The number of hydrogen-bond donors (Lipinski definition) is 2. The number of rotatable bonds is 2. The van der Waals surface area contributed by atoms with Gasteiger partial charge in [0.2, 0.25) is 0 Å². The van der Waals surface area contributed by atoms with E-state index >= 15 is 0 Å². The smallest absolute Gasteiger partial charge is 0.273 e. The van der Waals surface area contributed by atoms with Gasteiger partial charge in [-0.1, -0.05) is 0 Å². The van der Waals surface area contributed by atoms with Crippen LogP contribution in [0.1, 0.15) is 11.3 Å². The molecule has 1 aliphatic rings. The molecule has 0 saturated heterocycles. The van der Waals surface area contributed by atoms with Gasteiger partial charge in [-0.2, -0.15) is 10.2 Å². The van der Waals surface area contributed by atoms with Crippen LogP contribution in [0.2, 0.25) is 0 Å². The van der Waals surface area contributed by atoms with Gasteiger partial charge in [0, 0.05) is 6.20 Å². The first kappa shape index (κ1) is 14.9. The van der Waals surface area contributed by atoms with Crippen LogP contribution in [0, 0.1) is 0 Å². The number of amides is 1. The van der Waals surface area contributed by atoms with Crippen LogP contribution in [0.15, 0.2) is 50.1 Å². The number of hydrazone groups is 1. The van der Waals surface area contributed by atoms with E-state index in [-0.39, 0.29) is 11.7 Å². The largest absolute Gasteiger partial charge is 0.506 e. The number of aromatic nitrogens is 2. The first-order valence-electron chi connectivity index (χ1n) is 6.12. The Morgan fingerprint density at radius 1 is 1.23 bits per heavy atom. The molecule has 22 heavy (non-hydrogen) atoms. The molecule has 2 heterocycles. The number of phenolic OH excluding ortho intramolecular Hbond substituents is 1. The second-order valence-electron chi connectivity index (χ2n) is 4.40. The molecule has 0 saturated carbocycles. The Morgan fingerprint density at radius 3 is 2.59 bits per heavy atom. The van der Waals surface area contributed by atoms with Crippen LogP contribution in [-0.4, -0.2) is 26.9 Å². The lowest BCUT2D eigenvalue weighted by Crippen LogP contribution is -2.14. The molecule has 1 aromatic heterocycles. The third kappa shape index (κ3) is 2.79. The van der Waals surface area contributed by atoms with Gasteiger partial charge in [-0.05, 0) is 67.8 Å². The maximum absolute atomic E-state index is 12.0. The lowest BCUT2D eigenvalue weighted by molar-refractivity contribution is -0.116. The highest BCUT2D eigenvalue weighted by Gasteiger charge is 2.25. The van der Waals surface area contributed by atoms with Crippen molar-refractivity contribution in [3.8, 4) is 5.75 Å². The Labute approximate surface area is 142 Å². The Bertz CT molecular complexity index is 796. The van der Waals surface area contributed by atoms with Crippen LogP contribution in [0.25, 0.3) is 6.08 Å². The number of aromatic hydroxyl groups is 1. The molecular weight excluding hydrogens is 416 g/mol. The average molecular weight is 424 g/mol. The topological polar surface area (TPSA) is 87.5 Å². The van der Waals surface area contributed by atoms with Gasteiger partial charge < -0.3 is 5.11 Å². The number of hydrogen-bond acceptors (Lipinski definition) is 5. The van der Waals surface area contributed by atoms with E-state index in [0.29, 0.717) is 25.9 Å². The van der Waals surface area contributed by atoms with E-state index in [0.717, 1.165) is 5.56 Å². The maximum Gasteiger partial charge on any atom is 0.273 e. The van der Waals surface area contributed by atoms with Crippen molar-refractivity contribution in [2.45, 2.75) is 0 Å². The van der Waals surface area contributed by atoms with Crippen molar-refractivity contribution in [1.82, 2.24) is 15.6 Å². The summed E-state index contributed by atoms with van der Waals surface area (Å²) >= 11 is 6.52. The molecule has 0 fully saturated rings. The Kier molecular flexibility index (Phi) is 4.04. The summed E-state index contributed by atoms with van der Waals surface area (Å²) in [5.41, 5.74) is 4.45. The molecule has 8 heteroatoms. The highest BCUT2D eigenvalue weighted by atomic mass is 79.9. The third-order valence-electron chi connectivity index (χ3n) is 2.93. The molecule has 0 bridgehead atoms. The second kappa shape index (κ2) is 5.98. The Morgan fingerprint density at radius 2 is 1.95 bits per heavy atom. The number of halogens is 2. The van der Waals surface area contributed by atoms with Crippen molar-refractivity contribution >= 4 is 49.6 Å². The quantitative estimate of drug-likeness (QED) is 0.726. The first-order valence-corrected chi connectivity index (χ1v) is 7.71. The van der Waals surface area contributed by atoms with E-state index in [4.69, 9.17) is 0 Å². The highest BCUT2D eigenvalue weighted by molar-refractivity contribution is 9.11. The van der Waals surface area contributed by atoms with E-state index in [2.05, 4.69) is 52.6 Å². The van der Waals surface area contributed by atoms with Crippen molar-refractivity contribution in [3.05, 3.63) is 56.2 Å². The second-order valence-corrected chi connectivity index (χ2v) is 6.11. The van der Waals surface area contributed by atoms with Gasteiger partial charge in [0.15, 0.2) is 0 Å². The molecule has 2 N–H and O–H groups in total. The summed E-state index contributed by atoms with van der Waals surface area (Å²) in [5.74, 6) is -0.221. The zero-order valence-corrected chi connectivity index (χ0v) is 14.1. The number of nitrogens with one attached hydrogen (secondary N) is 1. The van der Waals surface area contributed by atoms with E-state index in [9.17, 15) is 9.90 Å². The van der Waals surface area contributed by atoms with Gasteiger partial charge in [0.1, 0.15) is 17.2 Å². The lowest BCUT2D eigenvalue weighted by Gasteiger charge is -2.04. The number of benzene rings is 1. The summed E-state index contributed by atoms with van der Waals surface area (Å²) in [4.78, 5) is 12.0. The summed E-state index contributed by atoms with van der Waals surface area (Å²) in [6.45, 7) is 0. The maximum atomic E-state index is 12.0. The van der Waals surface area contributed by atoms with Crippen molar-refractivity contribution in [2.75, 3.05) is 0 Å². The van der Waals surface area contributed by atoms with Gasteiger partial charge in [-0.3, -0.25) is 4.79 Å². The molecule has 0 unspecified atom stereocenters. The van der Waals surface area contributed by atoms with Crippen LogP contribution in [-0.2, 0) is 4.79 Å². The Balaban J connectivity index is 2.06. The SMILES string of the molecule is O=C1NN=C(c2cccnn2)/C1=C\c1cc(Br)c(O)c(Br)c1. The van der Waals surface area contributed by atoms with Crippen LogP contribution in [0.3, 0.4) is 0 Å². The number of nitrogens with zero attached hydrogens (tertiary/aromatic N) is 3. The van der Waals surface area contributed by atoms with E-state index in [1.807, 2.05) is 0 Å². The lowest BCUT2D eigenvalue weighted by atomic mass is 10.0. The molecular formula is C14H8Br2N4O2. The zero-order valence-electron chi connectivity index (χ0n) is 10.9. The van der Waals surface area contributed by atoms with Crippen LogP contribution in [0.4, 0.5) is 0 Å². The molecule has 1 amide bonds. The Hall–Kier alpha value is -2.06. The van der Waals surface area contributed by atoms with Crippen molar-refractivity contribution in [2.24, 2.45) is 5.10 Å². The first-order chi connectivity index (χ1) is 10.6. The molecule has 0 aliphatic carbocycles. The molecule has 3 rings (SSSR count). The van der Waals surface area contributed by atoms with Gasteiger partial charge >= 0.3 is 0 Å². The van der Waals surface area contributed by atoms with E-state index in [1.165, 1.54) is 0 Å². The predicted octanol–water partition coefficient (Wildman–Crippen LogP) is 2.62. The van der Waals surface area contributed by atoms with E-state index in [1.54, 1.807) is 36.5 Å². The predicted molar refractivity (Wildman–Crippen MR) is 88.2 cm³/mol. The molecule has 6 nitrogen and oxygen atoms in total. The van der Waals surface area contributed by atoms with Crippen LogP contribution in [0.5, 0.6) is 5.75 Å². The minimum absolute atomic E-state index is 0.0980. The minimum atomic E-state index is -0.319. The van der Waals surface area contributed by atoms with Crippen molar-refractivity contribution < 1.29 is 9.90 Å². The average Bonchev–Trinajstić information content (AvgIpc) is 2.87. The summed E-state index contributed by atoms with van der Waals surface area (Å²) < 4.78 is 1.04. The summed E-state index contributed by atoms with van der Waals surface area (Å²) in [6, 6.07) is 6.85. The van der Waals surface area contributed by atoms with Crippen molar-refractivity contribution in [1.29, 1.82) is 0 Å². The van der Waals surface area contributed by atoms with Crippen molar-refractivity contribution in [3.63, 3.8) is 0 Å². The van der Waals surface area contributed by atoms with Gasteiger partial charge in [-0.25, -0.2) is 5.43 Å². The molecule has 1 aliphatic heterocycles. The molecule has 0 spiro atoms. The summed E-state index contributed by atoms with van der Waals surface area (Å²) in [7, 11) is 0. The van der Waals surface area contributed by atoms with Gasteiger partial charge in [0.25, 0.3) is 5.91 Å². The fourth-order valence-corrected chi connectivity index (χ4v) is 3.15. The van der Waals surface area contributed by atoms with E-state index < -0.39 is 0 Å². The number of carbonyl (C=O) groups is 1. The number of phenols is 1. The normalized spacial score (nSPS) is 15.8. The molecule has 110 valence electrons. The van der Waals surface area contributed by atoms with Gasteiger partial charge in [0.05, 0.1) is 14.5 Å². The molecule has 0 radical (unpaired) electrons. The minimum Gasteiger partial charge on any atom is -0.506 e. The third-order valence-corrected chi connectivity index (χ3v) is 4.14. The molecule has 2 aromatic rings. The summed E-state index contributed by atoms with van der Waals surface area (Å²) in [5, 5.41) is 21.5. The monoisotopic (exact) mass is 422 g/mol. The molecule has 0 atom stereocenters. The van der Waals surface area contributed by atoms with Crippen LogP contribution >= 0.6 is 31.9 Å². The highest BCUT2D eigenvalue weighted by Crippen LogP contribution is 2.34. The van der Waals surface area contributed by atoms with Gasteiger partial charge in [-0.15, -0.1) is 5.10 Å². The standard InChI is InChI=1S/C14H8Br2N4O2/c15-9-5-7(6-10(16)13(9)21)4-8-12(19-20-14(8)22)11-2-1-3-17-18-11/h1-6,21H,(H,20,22)/b8-4+. The fraction of sp³-hybridized carbons (Fsp3) is 0. The zero-order chi connectivity index (χ0) is 15.7. The summed E-state index contributed by atoms with van der Waals surface area (Å²) in [6.07, 6.45) is 3.22. The van der Waals surface area contributed by atoms with Crippen LogP contribution < -0.4 is 5.43 Å². The molecule has 1 aromatic carbocycles.